The molecule has 18 heavy (non-hydrogen) atoms. The average molecular weight is 246 g/mol. The zero-order valence-electron chi connectivity index (χ0n) is 9.96. The summed E-state index contributed by atoms with van der Waals surface area (Å²) in [6, 6.07) is 7.69. The van der Waals surface area contributed by atoms with Crippen LogP contribution in [0, 0.1) is 0 Å². The number of ketones is 1. The van der Waals surface area contributed by atoms with Crippen molar-refractivity contribution in [2.75, 3.05) is 5.32 Å². The highest BCUT2D eigenvalue weighted by atomic mass is 16.2. The number of amides is 2. The van der Waals surface area contributed by atoms with Gasteiger partial charge in [0, 0.05) is 5.69 Å². The third-order valence-corrected chi connectivity index (χ3v) is 2.27. The van der Waals surface area contributed by atoms with Crippen molar-refractivity contribution in [1.82, 2.24) is 5.32 Å². The minimum absolute atomic E-state index is 0.410. The topological polar surface area (TPSA) is 94.6 Å². The lowest BCUT2D eigenvalue weighted by atomic mass is 10.1. The first-order valence-electron chi connectivity index (χ1n) is 5.51. The van der Waals surface area contributed by atoms with Crippen molar-refractivity contribution in [1.29, 1.82) is 0 Å². The predicted molar refractivity (Wildman–Crippen MR) is 67.4 cm³/mol. The third kappa shape index (κ3) is 4.19. The van der Waals surface area contributed by atoms with E-state index in [0.717, 1.165) is 6.21 Å². The smallest absolute Gasteiger partial charge is 0.325 e. The number of hydrogen-bond donors (Lipinski definition) is 2. The molecule has 6 nitrogen and oxygen atoms in total. The number of urea groups is 1. The largest absolute Gasteiger partial charge is 0.361 e. The molecule has 0 unspecified atom stereocenters. The van der Waals surface area contributed by atoms with Gasteiger partial charge in [-0.05, 0) is 18.6 Å². The molecule has 2 N–H and O–H groups in total. The predicted octanol–water partition coefficient (Wildman–Crippen LogP) is 1.46. The summed E-state index contributed by atoms with van der Waals surface area (Å²) in [5.74, 6) is -0.455. The lowest BCUT2D eigenvalue weighted by molar-refractivity contribution is -0.117. The molecule has 0 saturated carbocycles. The molecule has 94 valence electrons. The molecule has 0 aliphatic heterocycles. The minimum Gasteiger partial charge on any atom is -0.361 e. The van der Waals surface area contributed by atoms with Crippen molar-refractivity contribution in [3.05, 3.63) is 35.9 Å². The Bertz CT molecular complexity index is 466. The van der Waals surface area contributed by atoms with Crippen molar-refractivity contribution in [2.45, 2.75) is 19.4 Å². The van der Waals surface area contributed by atoms with Crippen LogP contribution in [-0.4, -0.2) is 28.9 Å². The van der Waals surface area contributed by atoms with Gasteiger partial charge in [-0.25, -0.2) is 4.79 Å². The molecule has 0 spiro atoms. The summed E-state index contributed by atoms with van der Waals surface area (Å²) in [6.07, 6.45) is 1.18. The molecular formula is C12H14N4O2. The first-order chi connectivity index (χ1) is 8.67. The van der Waals surface area contributed by atoms with E-state index < -0.39 is 17.9 Å². The van der Waals surface area contributed by atoms with E-state index in [-0.39, 0.29) is 0 Å². The number of rotatable bonds is 5. The van der Waals surface area contributed by atoms with Gasteiger partial charge in [0.25, 0.3) is 5.78 Å². The molecule has 0 saturated heterocycles. The van der Waals surface area contributed by atoms with Crippen LogP contribution in [0.2, 0.25) is 0 Å². The molecule has 6 heteroatoms. The number of Topliss-reactive ketones (excluding diaryl/α,β-unsaturated/α-hetero) is 1. The van der Waals surface area contributed by atoms with Crippen LogP contribution in [0.15, 0.2) is 30.3 Å². The second kappa shape index (κ2) is 6.98. The Kier molecular flexibility index (Phi) is 5.28. The first-order valence-corrected chi connectivity index (χ1v) is 5.51. The van der Waals surface area contributed by atoms with E-state index in [1.165, 1.54) is 0 Å². The van der Waals surface area contributed by atoms with Crippen LogP contribution in [0.3, 0.4) is 0 Å². The zero-order chi connectivity index (χ0) is 13.4. The van der Waals surface area contributed by atoms with Crippen LogP contribution >= 0.6 is 0 Å². The highest BCUT2D eigenvalue weighted by molar-refractivity contribution is 6.28. The molecule has 1 aromatic carbocycles. The van der Waals surface area contributed by atoms with E-state index in [0.29, 0.717) is 12.1 Å². The molecule has 2 amide bonds. The maximum Gasteiger partial charge on any atom is 0.325 e. The molecule has 1 atom stereocenters. The van der Waals surface area contributed by atoms with Gasteiger partial charge in [-0.2, -0.15) is 4.79 Å². The standard InChI is InChI=1S/C12H14N4O2/c1-2-10(11(17)8-14-13)16-12(18)15-9-6-4-3-5-7-9/h3-8,10H,2H2,1H3,(H2,15,16,18)/t10-/m0/s1. The van der Waals surface area contributed by atoms with Crippen molar-refractivity contribution in [3.63, 3.8) is 0 Å². The van der Waals surface area contributed by atoms with Crippen LogP contribution in [0.5, 0.6) is 0 Å². The molecule has 0 aromatic heterocycles. The van der Waals surface area contributed by atoms with Crippen LogP contribution in [0.1, 0.15) is 13.3 Å². The van der Waals surface area contributed by atoms with Gasteiger partial charge in [-0.15, -0.1) is 0 Å². The fourth-order valence-electron chi connectivity index (χ4n) is 1.37. The number of benzene rings is 1. The lowest BCUT2D eigenvalue weighted by Crippen LogP contribution is -2.43. The molecule has 0 aliphatic carbocycles. The molecule has 0 fully saturated rings. The van der Waals surface area contributed by atoms with Gasteiger partial charge in [0.15, 0.2) is 0 Å². The number of carbonyl (C=O) groups is 2. The summed E-state index contributed by atoms with van der Waals surface area (Å²) in [5.41, 5.74) is 8.90. The molecule has 0 radical (unpaired) electrons. The zero-order valence-corrected chi connectivity index (χ0v) is 9.96. The van der Waals surface area contributed by atoms with Gasteiger partial charge >= 0.3 is 12.2 Å². The lowest BCUT2D eigenvalue weighted by Gasteiger charge is -2.13. The number of carbonyl (C=O) groups excluding carboxylic acids is 2. The number of nitrogens with zero attached hydrogens (tertiary/aromatic N) is 2. The van der Waals surface area contributed by atoms with E-state index in [1.807, 2.05) is 6.07 Å². The summed E-state index contributed by atoms with van der Waals surface area (Å²) in [4.78, 5) is 25.7. The fourth-order valence-corrected chi connectivity index (χ4v) is 1.37. The van der Waals surface area contributed by atoms with Crippen LogP contribution in [-0.2, 0) is 4.79 Å². The second-order valence-electron chi connectivity index (χ2n) is 3.57. The average Bonchev–Trinajstić information content (AvgIpc) is 2.37. The summed E-state index contributed by atoms with van der Waals surface area (Å²) in [6.45, 7) is 1.75. The Labute approximate surface area is 105 Å². The number of nitrogens with one attached hydrogen (secondary N) is 2. The molecule has 1 rings (SSSR count). The Morgan fingerprint density at radius 3 is 2.61 bits per heavy atom. The molecule has 0 heterocycles. The fraction of sp³-hybridized carbons (Fsp3) is 0.250. The second-order valence-corrected chi connectivity index (χ2v) is 3.57. The number of anilines is 1. The normalized spacial score (nSPS) is 10.9. The van der Waals surface area contributed by atoms with Crippen molar-refractivity contribution in [2.24, 2.45) is 0 Å². The van der Waals surface area contributed by atoms with Crippen LogP contribution < -0.4 is 10.6 Å². The van der Waals surface area contributed by atoms with Crippen LogP contribution in [0.4, 0.5) is 10.5 Å². The van der Waals surface area contributed by atoms with Crippen molar-refractivity contribution >= 4 is 23.7 Å². The monoisotopic (exact) mass is 246 g/mol. The Morgan fingerprint density at radius 2 is 2.06 bits per heavy atom. The number of para-hydroxylation sites is 1. The molecule has 0 aliphatic rings. The minimum atomic E-state index is -0.704. The van der Waals surface area contributed by atoms with E-state index in [4.69, 9.17) is 5.53 Å². The quantitative estimate of drug-likeness (QED) is 0.467. The highest BCUT2D eigenvalue weighted by Gasteiger charge is 2.19. The maximum atomic E-state index is 11.6. The van der Waals surface area contributed by atoms with Gasteiger partial charge < -0.3 is 16.2 Å². The Hall–Kier alpha value is -2.46. The third-order valence-electron chi connectivity index (χ3n) is 2.27. The molecular weight excluding hydrogens is 232 g/mol. The van der Waals surface area contributed by atoms with E-state index in [1.54, 1.807) is 31.2 Å². The SMILES string of the molecule is CC[C@H](NC(=O)Nc1ccccc1)C(=O)C=[N+]=[N-]. The number of hydrogen-bond acceptors (Lipinski definition) is 2. The van der Waals surface area contributed by atoms with Crippen molar-refractivity contribution in [3.8, 4) is 0 Å². The Morgan fingerprint density at radius 1 is 1.39 bits per heavy atom. The van der Waals surface area contributed by atoms with Crippen molar-refractivity contribution < 1.29 is 14.4 Å². The Balaban J connectivity index is 2.58. The summed E-state index contributed by atoms with van der Waals surface area (Å²) < 4.78 is 0. The van der Waals surface area contributed by atoms with E-state index in [9.17, 15) is 9.59 Å². The van der Waals surface area contributed by atoms with Crippen LogP contribution in [0.25, 0.3) is 5.53 Å². The van der Waals surface area contributed by atoms with Gasteiger partial charge in [-0.1, -0.05) is 25.1 Å². The van der Waals surface area contributed by atoms with Gasteiger partial charge in [0.05, 0.1) is 0 Å². The molecule has 0 bridgehead atoms. The van der Waals surface area contributed by atoms with Gasteiger partial charge in [0.2, 0.25) is 0 Å². The highest BCUT2D eigenvalue weighted by Crippen LogP contribution is 2.04. The van der Waals surface area contributed by atoms with E-state index in [2.05, 4.69) is 15.4 Å². The summed E-state index contributed by atoms with van der Waals surface area (Å²) >= 11 is 0. The van der Waals surface area contributed by atoms with Gasteiger partial charge in [-0.3, -0.25) is 4.79 Å². The first kappa shape index (κ1) is 13.6. The summed E-state index contributed by atoms with van der Waals surface area (Å²) in [7, 11) is 0. The summed E-state index contributed by atoms with van der Waals surface area (Å²) in [5, 5.41) is 5.09. The van der Waals surface area contributed by atoms with Gasteiger partial charge in [0.1, 0.15) is 6.04 Å². The maximum absolute atomic E-state index is 11.6. The van der Waals surface area contributed by atoms with E-state index >= 15 is 0 Å². The molecule has 1 aromatic rings.